The van der Waals surface area contributed by atoms with Crippen LogP contribution in [0.3, 0.4) is 0 Å². The highest BCUT2D eigenvalue weighted by Crippen LogP contribution is 2.21. The van der Waals surface area contributed by atoms with Crippen LogP contribution in [-0.2, 0) is 17.8 Å². The fraction of sp³-hybridized carbons (Fsp3) is 0.250. The maximum Gasteiger partial charge on any atom is 0.262 e. The minimum Gasteiger partial charge on any atom is -0.382 e. The molecule has 33 heavy (non-hydrogen) atoms. The highest BCUT2D eigenvalue weighted by Gasteiger charge is 2.15. The molecule has 2 N–H and O–H groups in total. The van der Waals surface area contributed by atoms with Gasteiger partial charge in [-0.2, -0.15) is 0 Å². The standard InChI is InChI=1S/C24H25N5O3S/c1-3-12-29-22(31)17-11-10-16(15-19(17)26-24(29)33)21(30)27-23-25-18-8-5-6-9-20(18)28(23)13-7-14-32-4-2/h3,5-6,8-11,15H,1,4,7,12-14H2,2H3,(H,26,33)(H,25,27,30). The summed E-state index contributed by atoms with van der Waals surface area (Å²) in [6, 6.07) is 12.6. The monoisotopic (exact) mass is 463 g/mol. The number of carbonyl (C=O) groups is 1. The van der Waals surface area contributed by atoms with Crippen molar-refractivity contribution in [1.29, 1.82) is 0 Å². The summed E-state index contributed by atoms with van der Waals surface area (Å²) in [6.07, 6.45) is 2.40. The van der Waals surface area contributed by atoms with Crippen molar-refractivity contribution in [3.63, 3.8) is 0 Å². The molecular weight excluding hydrogens is 438 g/mol. The van der Waals surface area contributed by atoms with Gasteiger partial charge in [-0.05, 0) is 55.9 Å². The van der Waals surface area contributed by atoms with Crippen molar-refractivity contribution in [3.8, 4) is 0 Å². The molecule has 0 aliphatic carbocycles. The average molecular weight is 464 g/mol. The van der Waals surface area contributed by atoms with Gasteiger partial charge in [0, 0.05) is 31.9 Å². The third-order valence-corrected chi connectivity index (χ3v) is 5.63. The number of imidazole rings is 1. The Morgan fingerprint density at radius 3 is 2.88 bits per heavy atom. The number of fused-ring (bicyclic) bond motifs is 2. The molecule has 0 fully saturated rings. The van der Waals surface area contributed by atoms with Gasteiger partial charge in [0.2, 0.25) is 5.95 Å². The number of allylic oxidation sites excluding steroid dienone is 1. The van der Waals surface area contributed by atoms with E-state index < -0.39 is 0 Å². The van der Waals surface area contributed by atoms with Gasteiger partial charge in [-0.3, -0.25) is 19.5 Å². The first-order valence-corrected chi connectivity index (χ1v) is 11.2. The summed E-state index contributed by atoms with van der Waals surface area (Å²) in [5.74, 6) is 0.139. The fourth-order valence-electron chi connectivity index (χ4n) is 3.73. The summed E-state index contributed by atoms with van der Waals surface area (Å²) < 4.78 is 9.14. The van der Waals surface area contributed by atoms with E-state index >= 15 is 0 Å². The first kappa shape index (κ1) is 22.6. The number of rotatable bonds is 9. The molecule has 0 bridgehead atoms. The van der Waals surface area contributed by atoms with E-state index in [9.17, 15) is 9.59 Å². The Hall–Kier alpha value is -3.56. The third-order valence-electron chi connectivity index (χ3n) is 5.31. The zero-order valence-corrected chi connectivity index (χ0v) is 19.2. The summed E-state index contributed by atoms with van der Waals surface area (Å²) in [4.78, 5) is 33.4. The Morgan fingerprint density at radius 2 is 2.09 bits per heavy atom. The van der Waals surface area contributed by atoms with Gasteiger partial charge in [0.25, 0.3) is 11.5 Å². The molecule has 8 nitrogen and oxygen atoms in total. The fourth-order valence-corrected chi connectivity index (χ4v) is 4.00. The highest BCUT2D eigenvalue weighted by molar-refractivity contribution is 7.71. The first-order valence-electron chi connectivity index (χ1n) is 10.8. The van der Waals surface area contributed by atoms with Gasteiger partial charge in [-0.1, -0.05) is 18.2 Å². The van der Waals surface area contributed by atoms with E-state index in [1.54, 1.807) is 24.3 Å². The van der Waals surface area contributed by atoms with Gasteiger partial charge >= 0.3 is 0 Å². The van der Waals surface area contributed by atoms with Crippen molar-refractivity contribution >= 4 is 46.0 Å². The molecule has 2 heterocycles. The molecule has 4 aromatic rings. The van der Waals surface area contributed by atoms with Crippen LogP contribution in [-0.4, -0.2) is 38.2 Å². The largest absolute Gasteiger partial charge is 0.382 e. The Morgan fingerprint density at radius 1 is 1.27 bits per heavy atom. The second kappa shape index (κ2) is 9.93. The Kier molecular flexibility index (Phi) is 6.81. The first-order chi connectivity index (χ1) is 16.0. The predicted molar refractivity (Wildman–Crippen MR) is 132 cm³/mol. The minimum atomic E-state index is -0.326. The van der Waals surface area contributed by atoms with E-state index in [1.807, 2.05) is 35.8 Å². The molecule has 2 aromatic carbocycles. The summed E-state index contributed by atoms with van der Waals surface area (Å²) in [5.41, 5.74) is 2.41. The number of amides is 1. The van der Waals surface area contributed by atoms with Gasteiger partial charge in [-0.15, -0.1) is 6.58 Å². The number of ether oxygens (including phenoxy) is 1. The number of aryl methyl sites for hydroxylation is 1. The molecule has 170 valence electrons. The van der Waals surface area contributed by atoms with E-state index in [-0.39, 0.29) is 16.2 Å². The van der Waals surface area contributed by atoms with Crippen LogP contribution in [0.25, 0.3) is 21.9 Å². The topological polar surface area (TPSA) is 93.9 Å². The third kappa shape index (κ3) is 4.64. The molecule has 0 spiro atoms. The van der Waals surface area contributed by atoms with Crippen LogP contribution in [0.4, 0.5) is 5.95 Å². The normalized spacial score (nSPS) is 11.2. The molecule has 9 heteroatoms. The predicted octanol–water partition coefficient (Wildman–Crippen LogP) is 4.27. The van der Waals surface area contributed by atoms with Crippen molar-refractivity contribution in [2.24, 2.45) is 0 Å². The van der Waals surface area contributed by atoms with E-state index in [2.05, 4.69) is 21.9 Å². The molecule has 0 aliphatic heterocycles. The molecular formula is C24H25N5O3S. The van der Waals surface area contributed by atoms with E-state index in [1.165, 1.54) is 4.57 Å². The van der Waals surface area contributed by atoms with Crippen molar-refractivity contribution < 1.29 is 9.53 Å². The molecule has 0 radical (unpaired) electrons. The van der Waals surface area contributed by atoms with E-state index in [0.29, 0.717) is 48.7 Å². The number of carbonyl (C=O) groups excluding carboxylic acids is 1. The van der Waals surface area contributed by atoms with Crippen LogP contribution in [0.2, 0.25) is 0 Å². The number of hydrogen-bond donors (Lipinski definition) is 2. The SMILES string of the molecule is C=CCn1c(=S)[nH]c2cc(C(=O)Nc3nc4ccccc4n3CCCOCC)ccc2c1=O. The lowest BCUT2D eigenvalue weighted by Gasteiger charge is -2.11. The summed E-state index contributed by atoms with van der Waals surface area (Å²) in [6.45, 7) is 7.88. The molecule has 0 atom stereocenters. The van der Waals surface area contributed by atoms with Crippen LogP contribution in [0.5, 0.6) is 0 Å². The van der Waals surface area contributed by atoms with Crippen molar-refractivity contribution in [2.45, 2.75) is 26.4 Å². The number of benzene rings is 2. The maximum absolute atomic E-state index is 13.1. The molecule has 0 saturated carbocycles. The second-order valence-corrected chi connectivity index (χ2v) is 7.86. The van der Waals surface area contributed by atoms with Crippen LogP contribution >= 0.6 is 12.2 Å². The summed E-state index contributed by atoms with van der Waals surface area (Å²) >= 11 is 5.29. The number of aromatic amines is 1. The molecule has 1 amide bonds. The number of aromatic nitrogens is 4. The van der Waals surface area contributed by atoms with Crippen LogP contribution in [0, 0.1) is 4.77 Å². The van der Waals surface area contributed by atoms with Gasteiger partial charge in [0.05, 0.1) is 21.9 Å². The minimum absolute atomic E-state index is 0.225. The Bertz CT molecular complexity index is 1450. The lowest BCUT2D eigenvalue weighted by molar-refractivity contribution is 0.102. The molecule has 0 saturated heterocycles. The van der Waals surface area contributed by atoms with Gasteiger partial charge < -0.3 is 14.3 Å². The van der Waals surface area contributed by atoms with Crippen LogP contribution in [0.15, 0.2) is 59.9 Å². The summed E-state index contributed by atoms with van der Waals surface area (Å²) in [7, 11) is 0. The molecule has 0 unspecified atom stereocenters. The number of para-hydroxylation sites is 2. The van der Waals surface area contributed by atoms with E-state index in [4.69, 9.17) is 17.0 Å². The van der Waals surface area contributed by atoms with Crippen molar-refractivity contribution in [3.05, 3.63) is 75.8 Å². The number of nitrogens with one attached hydrogen (secondary N) is 2. The van der Waals surface area contributed by atoms with Gasteiger partial charge in [-0.25, -0.2) is 4.98 Å². The number of anilines is 1. The lowest BCUT2D eigenvalue weighted by Crippen LogP contribution is -2.22. The zero-order chi connectivity index (χ0) is 23.4. The average Bonchev–Trinajstić information content (AvgIpc) is 3.16. The Balaban J connectivity index is 1.65. The number of nitrogens with zero attached hydrogens (tertiary/aromatic N) is 3. The quantitative estimate of drug-likeness (QED) is 0.220. The molecule has 0 aliphatic rings. The molecule has 4 rings (SSSR count). The smallest absolute Gasteiger partial charge is 0.262 e. The van der Waals surface area contributed by atoms with Crippen molar-refractivity contribution in [2.75, 3.05) is 18.5 Å². The van der Waals surface area contributed by atoms with Crippen molar-refractivity contribution in [1.82, 2.24) is 19.1 Å². The zero-order valence-electron chi connectivity index (χ0n) is 18.3. The second-order valence-electron chi connectivity index (χ2n) is 7.48. The molecule has 2 aromatic heterocycles. The summed E-state index contributed by atoms with van der Waals surface area (Å²) in [5, 5.41) is 3.37. The Labute approximate surface area is 195 Å². The van der Waals surface area contributed by atoms with Gasteiger partial charge in [0.1, 0.15) is 0 Å². The van der Waals surface area contributed by atoms with Crippen LogP contribution in [0.1, 0.15) is 23.7 Å². The van der Waals surface area contributed by atoms with Gasteiger partial charge in [0.15, 0.2) is 4.77 Å². The number of H-pyrrole nitrogens is 1. The highest BCUT2D eigenvalue weighted by atomic mass is 32.1. The van der Waals surface area contributed by atoms with E-state index in [0.717, 1.165) is 17.5 Å². The van der Waals surface area contributed by atoms with Crippen LogP contribution < -0.4 is 10.9 Å². The maximum atomic E-state index is 13.1. The number of hydrogen-bond acceptors (Lipinski definition) is 5. The lowest BCUT2D eigenvalue weighted by atomic mass is 10.1.